The molecule has 1 spiro atoms. The zero-order valence-electron chi connectivity index (χ0n) is 23.3. The molecule has 5 aliphatic rings. The lowest BCUT2D eigenvalue weighted by atomic mass is 9.39. The molecule has 0 amide bonds. The molecule has 37 heavy (non-hydrogen) atoms. The van der Waals surface area contributed by atoms with Crippen LogP contribution < -0.4 is 0 Å². The molecule has 4 saturated carbocycles. The molecule has 1 heterocycles. The molecule has 2 unspecified atom stereocenters. The summed E-state index contributed by atoms with van der Waals surface area (Å²) in [5, 5.41) is 22.8. The van der Waals surface area contributed by atoms with Gasteiger partial charge in [-0.05, 0) is 70.6 Å². The maximum Gasteiger partial charge on any atom is 0.307 e. The van der Waals surface area contributed by atoms with Crippen LogP contribution in [-0.2, 0) is 33.2 Å². The maximum absolute atomic E-state index is 12.5. The van der Waals surface area contributed by atoms with Gasteiger partial charge in [0.2, 0.25) is 0 Å². The third-order valence-corrected chi connectivity index (χ3v) is 11.0. The second-order valence-electron chi connectivity index (χ2n) is 13.2. The summed E-state index contributed by atoms with van der Waals surface area (Å²) in [4.78, 5) is 12.5. The Bertz CT molecular complexity index is 880. The van der Waals surface area contributed by atoms with Crippen molar-refractivity contribution in [3.63, 3.8) is 0 Å². The molecule has 0 aromatic rings. The lowest BCUT2D eigenvalue weighted by Crippen LogP contribution is -2.78. The predicted molar refractivity (Wildman–Crippen MR) is 132 cm³/mol. The molecule has 9 nitrogen and oxygen atoms in total. The van der Waals surface area contributed by atoms with E-state index in [-0.39, 0.29) is 37.6 Å². The molecule has 1 aliphatic heterocycles. The van der Waals surface area contributed by atoms with Crippen molar-refractivity contribution >= 4 is 5.97 Å². The number of aliphatic carboxylic acids is 1. The molecule has 0 bridgehead atoms. The van der Waals surface area contributed by atoms with Crippen molar-refractivity contribution in [3.8, 4) is 0 Å². The van der Waals surface area contributed by atoms with Gasteiger partial charge in [0, 0.05) is 25.6 Å². The van der Waals surface area contributed by atoms with Crippen LogP contribution in [0.1, 0.15) is 72.6 Å². The van der Waals surface area contributed by atoms with Crippen molar-refractivity contribution in [3.05, 3.63) is 0 Å². The summed E-state index contributed by atoms with van der Waals surface area (Å²) in [6, 6.07) is 0. The number of fused-ring (bicyclic) bond motifs is 3. The normalized spacial score (nSPS) is 50.5. The zero-order chi connectivity index (χ0) is 26.9. The Morgan fingerprint density at radius 3 is 2.46 bits per heavy atom. The molecule has 0 radical (unpaired) electrons. The van der Waals surface area contributed by atoms with Crippen LogP contribution in [0.2, 0.25) is 0 Å². The smallest absolute Gasteiger partial charge is 0.307 e. The fourth-order valence-corrected chi connectivity index (χ4v) is 9.73. The van der Waals surface area contributed by atoms with E-state index in [1.807, 2.05) is 13.8 Å². The van der Waals surface area contributed by atoms with Crippen LogP contribution in [0.3, 0.4) is 0 Å². The third-order valence-electron chi connectivity index (χ3n) is 11.0. The molecule has 5 fully saturated rings. The Labute approximate surface area is 220 Å². The average Bonchev–Trinajstić information content (AvgIpc) is 3.12. The summed E-state index contributed by atoms with van der Waals surface area (Å²) in [5.41, 5.74) is -3.08. The van der Waals surface area contributed by atoms with Crippen molar-refractivity contribution in [2.24, 2.45) is 34.5 Å². The quantitative estimate of drug-likeness (QED) is 0.481. The molecule has 4 aliphatic carbocycles. The number of hydrogen-bond donors (Lipinski definition) is 2. The highest BCUT2D eigenvalue weighted by molar-refractivity contribution is 5.72. The largest absolute Gasteiger partial charge is 0.481 e. The number of carboxylic acids is 1. The Balaban J connectivity index is 1.68. The highest BCUT2D eigenvalue weighted by Crippen LogP contribution is 2.72. The van der Waals surface area contributed by atoms with E-state index >= 15 is 0 Å². The molecule has 0 aromatic heterocycles. The molecular formula is C28H46O9. The van der Waals surface area contributed by atoms with Crippen molar-refractivity contribution < 1.29 is 43.4 Å². The highest BCUT2D eigenvalue weighted by Gasteiger charge is 2.77. The summed E-state index contributed by atoms with van der Waals surface area (Å²) in [6.07, 6.45) is 3.90. The maximum atomic E-state index is 12.5. The number of carboxylic acid groups (broad SMARTS) is 1. The number of rotatable bonds is 7. The van der Waals surface area contributed by atoms with Gasteiger partial charge in [0.25, 0.3) is 0 Å². The number of aliphatic hydroxyl groups is 1. The molecule has 10 atom stereocenters. The van der Waals surface area contributed by atoms with Gasteiger partial charge < -0.3 is 38.6 Å². The standard InChI is InChI=1S/C28H46O9/c1-17-11-21-27(14-35-24(2,3)37-21)22-18(7-9-26(27,31)12-17)28(36-16-33-6)10-8-19(23(29)30)25(28,4)13-20(22)34-15-32-5/h17-22,31H,7-16H2,1-6H3,(H,29,30)/t17-,18?,19+,20+,21+,22?,25+,26-,27+,28-/m0/s1. The van der Waals surface area contributed by atoms with Gasteiger partial charge in [0.15, 0.2) is 5.79 Å². The molecule has 9 heteroatoms. The Morgan fingerprint density at radius 2 is 1.78 bits per heavy atom. The predicted octanol–water partition coefficient (Wildman–Crippen LogP) is 3.56. The summed E-state index contributed by atoms with van der Waals surface area (Å²) in [6.45, 7) is 8.67. The lowest BCUT2D eigenvalue weighted by molar-refractivity contribution is -0.405. The minimum Gasteiger partial charge on any atom is -0.481 e. The number of carbonyl (C=O) groups is 1. The third kappa shape index (κ3) is 3.86. The Morgan fingerprint density at radius 1 is 1.05 bits per heavy atom. The van der Waals surface area contributed by atoms with Gasteiger partial charge in [-0.15, -0.1) is 0 Å². The van der Waals surface area contributed by atoms with Crippen LogP contribution in [-0.4, -0.2) is 79.8 Å². The molecule has 0 aromatic carbocycles. The van der Waals surface area contributed by atoms with Crippen LogP contribution in [0.5, 0.6) is 0 Å². The minimum absolute atomic E-state index is 0.0581. The van der Waals surface area contributed by atoms with Gasteiger partial charge in [-0.3, -0.25) is 4.79 Å². The molecule has 2 N–H and O–H groups in total. The first-order chi connectivity index (χ1) is 17.4. The van der Waals surface area contributed by atoms with E-state index in [9.17, 15) is 15.0 Å². The van der Waals surface area contributed by atoms with Gasteiger partial charge >= 0.3 is 5.97 Å². The summed E-state index contributed by atoms with van der Waals surface area (Å²) >= 11 is 0. The lowest BCUT2D eigenvalue weighted by Gasteiger charge is -2.71. The van der Waals surface area contributed by atoms with Gasteiger partial charge in [0.1, 0.15) is 13.6 Å². The van der Waals surface area contributed by atoms with E-state index in [1.54, 1.807) is 14.2 Å². The Kier molecular flexibility index (Phi) is 7.04. The van der Waals surface area contributed by atoms with Crippen LogP contribution in [0.15, 0.2) is 0 Å². The van der Waals surface area contributed by atoms with E-state index in [0.29, 0.717) is 51.0 Å². The van der Waals surface area contributed by atoms with Crippen molar-refractivity contribution in [1.82, 2.24) is 0 Å². The van der Waals surface area contributed by atoms with Crippen molar-refractivity contribution in [2.45, 2.75) is 102 Å². The van der Waals surface area contributed by atoms with E-state index < -0.39 is 39.7 Å². The minimum atomic E-state index is -0.983. The highest BCUT2D eigenvalue weighted by atomic mass is 16.7. The van der Waals surface area contributed by atoms with Crippen LogP contribution in [0.25, 0.3) is 0 Å². The molecule has 5 rings (SSSR count). The Hall–Kier alpha value is -0.810. The number of hydrogen-bond acceptors (Lipinski definition) is 8. The van der Waals surface area contributed by atoms with E-state index in [1.165, 1.54) is 0 Å². The first kappa shape index (κ1) is 27.7. The summed E-state index contributed by atoms with van der Waals surface area (Å²) in [5.74, 6) is -2.02. The molecular weight excluding hydrogens is 480 g/mol. The van der Waals surface area contributed by atoms with Crippen LogP contribution in [0.4, 0.5) is 0 Å². The first-order valence-electron chi connectivity index (χ1n) is 13.9. The number of methoxy groups -OCH3 is 2. The average molecular weight is 527 g/mol. The fraction of sp³-hybridized carbons (Fsp3) is 0.964. The van der Waals surface area contributed by atoms with Crippen molar-refractivity contribution in [1.29, 1.82) is 0 Å². The van der Waals surface area contributed by atoms with Gasteiger partial charge in [0.05, 0.1) is 41.3 Å². The zero-order valence-corrected chi connectivity index (χ0v) is 23.3. The second-order valence-corrected chi connectivity index (χ2v) is 13.2. The molecule has 1 saturated heterocycles. The van der Waals surface area contributed by atoms with Gasteiger partial charge in [-0.25, -0.2) is 0 Å². The first-order valence-corrected chi connectivity index (χ1v) is 13.9. The van der Waals surface area contributed by atoms with Gasteiger partial charge in [-0.1, -0.05) is 13.8 Å². The summed E-state index contributed by atoms with van der Waals surface area (Å²) < 4.78 is 36.9. The number of ether oxygens (including phenoxy) is 6. The van der Waals surface area contributed by atoms with E-state index in [2.05, 4.69) is 13.8 Å². The fourth-order valence-electron chi connectivity index (χ4n) is 9.73. The van der Waals surface area contributed by atoms with E-state index in [4.69, 9.17) is 28.4 Å². The van der Waals surface area contributed by atoms with Crippen LogP contribution >= 0.6 is 0 Å². The van der Waals surface area contributed by atoms with E-state index in [0.717, 1.165) is 6.42 Å². The van der Waals surface area contributed by atoms with Crippen molar-refractivity contribution in [2.75, 3.05) is 34.4 Å². The topological polar surface area (TPSA) is 113 Å². The second kappa shape index (κ2) is 9.39. The monoisotopic (exact) mass is 526 g/mol. The van der Waals surface area contributed by atoms with Gasteiger partial charge in [-0.2, -0.15) is 0 Å². The summed E-state index contributed by atoms with van der Waals surface area (Å²) in [7, 11) is 3.20. The SMILES string of the molecule is COCO[C@@H]1C[C@]2(C)[C@@H](C(=O)O)CC[C@]2(OCOC)C2CC[C@]3(O)C[C@@H](C)C[C@H]4OC(C)(C)OC[C@]43C21. The van der Waals surface area contributed by atoms with Crippen LogP contribution in [0, 0.1) is 34.5 Å². The molecule has 212 valence electrons.